The van der Waals surface area contributed by atoms with Crippen molar-refractivity contribution >= 4 is 28.1 Å². The van der Waals surface area contributed by atoms with Gasteiger partial charge in [0.1, 0.15) is 30.8 Å². The molecule has 0 aromatic heterocycles. The number of non-ortho nitro benzene ring substituents is 1. The average molecular weight is 830 g/mol. The van der Waals surface area contributed by atoms with Gasteiger partial charge in [0.25, 0.3) is 11.6 Å². The van der Waals surface area contributed by atoms with Crippen molar-refractivity contribution in [2.24, 2.45) is 22.9 Å². The molecular formula is C49H55N3O9. The van der Waals surface area contributed by atoms with Crippen molar-refractivity contribution in [3.63, 3.8) is 0 Å². The summed E-state index contributed by atoms with van der Waals surface area (Å²) in [6.45, 7) is 8.54. The van der Waals surface area contributed by atoms with Gasteiger partial charge in [0, 0.05) is 55.9 Å². The number of amides is 1. The van der Waals surface area contributed by atoms with Gasteiger partial charge in [-0.25, -0.2) is 0 Å². The molecule has 0 spiro atoms. The normalized spacial score (nSPS) is 23.2. The van der Waals surface area contributed by atoms with Gasteiger partial charge < -0.3 is 34.2 Å². The summed E-state index contributed by atoms with van der Waals surface area (Å²) in [5, 5.41) is 37.9. The van der Waals surface area contributed by atoms with E-state index in [2.05, 4.69) is 19.2 Å². The molecule has 2 N–H and O–H groups in total. The van der Waals surface area contributed by atoms with Crippen molar-refractivity contribution in [2.45, 2.75) is 69.3 Å². The topological polar surface area (TPSA) is 153 Å². The predicted octanol–water partition coefficient (Wildman–Crippen LogP) is 8.92. The van der Waals surface area contributed by atoms with Gasteiger partial charge in [0.05, 0.1) is 23.2 Å². The first-order chi connectivity index (χ1) is 29.7. The number of rotatable bonds is 20. The van der Waals surface area contributed by atoms with Crippen LogP contribution in [0.3, 0.4) is 0 Å². The standard InChI is InChI=1S/C49H55N3O9/c1-4-26-58-39-22-23-44-42(30-39)46-40(15-9-11-25-54)36(14-8-10-24-53)29-41-43(50-60-32-33-16-20-38(21-17-33)52(56)57)31-45(49(61-44,47(41)46)59-27-5-2)51(3)48(55)37-19-18-34-12-6-7-13-35(34)28-37/h4-7,12-13,16-23,28-30,36,40,45-47,53-54H,1-2,8-11,14-15,24-27,31-32H2,3H3/t36-,40+,45-,46+,47+,49+/m0/s1. The van der Waals surface area contributed by atoms with Gasteiger partial charge in [-0.1, -0.05) is 73.1 Å². The smallest absolute Gasteiger partial charge is 0.269 e. The molecule has 6 atom stereocenters. The summed E-state index contributed by atoms with van der Waals surface area (Å²) in [5.74, 6) is -0.940. The molecule has 4 aromatic carbocycles. The number of fused-ring (bicyclic) bond motifs is 3. The molecule has 320 valence electrons. The molecule has 12 nitrogen and oxygen atoms in total. The third-order valence-electron chi connectivity index (χ3n) is 12.3. The van der Waals surface area contributed by atoms with Crippen molar-refractivity contribution in [1.29, 1.82) is 0 Å². The monoisotopic (exact) mass is 829 g/mol. The Labute approximate surface area is 356 Å². The lowest BCUT2D eigenvalue weighted by Crippen LogP contribution is -2.69. The molecule has 0 unspecified atom stereocenters. The highest BCUT2D eigenvalue weighted by Gasteiger charge is 2.65. The Kier molecular flexibility index (Phi) is 14.0. The van der Waals surface area contributed by atoms with Crippen LogP contribution >= 0.6 is 0 Å². The fourth-order valence-corrected chi connectivity index (χ4v) is 9.54. The van der Waals surface area contributed by atoms with Gasteiger partial charge in [-0.15, -0.1) is 6.58 Å². The Morgan fingerprint density at radius 1 is 0.951 bits per heavy atom. The summed E-state index contributed by atoms with van der Waals surface area (Å²) in [6.07, 6.45) is 10.4. The van der Waals surface area contributed by atoms with Gasteiger partial charge in [-0.2, -0.15) is 0 Å². The second-order valence-electron chi connectivity index (χ2n) is 16.0. The molecule has 3 aliphatic rings. The second kappa shape index (κ2) is 19.7. The summed E-state index contributed by atoms with van der Waals surface area (Å²) < 4.78 is 20.4. The number of nitro benzene ring substituents is 1. The molecular weight excluding hydrogens is 775 g/mol. The van der Waals surface area contributed by atoms with Crippen molar-refractivity contribution in [3.8, 4) is 11.5 Å². The number of nitro groups is 1. The third kappa shape index (κ3) is 9.12. The van der Waals surface area contributed by atoms with E-state index < -0.39 is 22.7 Å². The molecule has 1 amide bonds. The van der Waals surface area contributed by atoms with E-state index in [1.807, 2.05) is 60.7 Å². The van der Waals surface area contributed by atoms with Crippen molar-refractivity contribution < 1.29 is 39.0 Å². The van der Waals surface area contributed by atoms with Crippen LogP contribution in [0.2, 0.25) is 0 Å². The molecule has 2 aliphatic carbocycles. The Bertz CT molecular complexity index is 2270. The first-order valence-electron chi connectivity index (χ1n) is 21.2. The van der Waals surface area contributed by atoms with E-state index in [4.69, 9.17) is 24.2 Å². The highest BCUT2D eigenvalue weighted by Crippen LogP contribution is 2.62. The number of carbonyl (C=O) groups excluding carboxylic acids is 1. The minimum Gasteiger partial charge on any atom is -0.490 e. The number of likely N-dealkylation sites (N-methyl/N-ethyl adjacent to an activating group) is 1. The van der Waals surface area contributed by atoms with Gasteiger partial charge in [0.2, 0.25) is 5.79 Å². The lowest BCUT2D eigenvalue weighted by atomic mass is 9.55. The zero-order valence-corrected chi connectivity index (χ0v) is 34.7. The van der Waals surface area contributed by atoms with E-state index in [1.165, 1.54) is 12.1 Å². The summed E-state index contributed by atoms with van der Waals surface area (Å²) >= 11 is 0. The van der Waals surface area contributed by atoms with Crippen LogP contribution in [0.1, 0.15) is 72.3 Å². The van der Waals surface area contributed by atoms with Gasteiger partial charge >= 0.3 is 0 Å². The quantitative estimate of drug-likeness (QED) is 0.0385. The molecule has 0 bridgehead atoms. The molecule has 1 aliphatic heterocycles. The predicted molar refractivity (Wildman–Crippen MR) is 235 cm³/mol. The molecule has 1 saturated carbocycles. The van der Waals surface area contributed by atoms with Crippen LogP contribution in [0.25, 0.3) is 10.8 Å². The van der Waals surface area contributed by atoms with Crippen molar-refractivity contribution in [3.05, 3.63) is 149 Å². The maximum atomic E-state index is 14.8. The second-order valence-corrected chi connectivity index (χ2v) is 16.0. The SMILES string of the molecule is C=CCOc1ccc2c(c1)[C@H]1[C@H](CCCCO)[C@@H](CCCCO)C=C3C(=NOCc4ccc([N+](=O)[O-])cc4)C[C@H](N(C)C(=O)c4ccc5ccccc5c4)[C@@](OCC=C)(O2)[C@H]31. The molecule has 0 saturated heterocycles. The largest absolute Gasteiger partial charge is 0.490 e. The summed E-state index contributed by atoms with van der Waals surface area (Å²) in [6, 6.07) is 24.9. The van der Waals surface area contributed by atoms with Gasteiger partial charge in [-0.3, -0.25) is 14.9 Å². The molecule has 12 heteroatoms. The first kappa shape index (κ1) is 43.3. The number of hydrogen-bond donors (Lipinski definition) is 2. The zero-order valence-electron chi connectivity index (χ0n) is 34.7. The number of aliphatic hydroxyl groups is 2. The van der Waals surface area contributed by atoms with E-state index in [1.54, 1.807) is 36.2 Å². The van der Waals surface area contributed by atoms with Crippen LogP contribution < -0.4 is 9.47 Å². The van der Waals surface area contributed by atoms with Crippen LogP contribution in [0.5, 0.6) is 11.5 Å². The molecule has 61 heavy (non-hydrogen) atoms. The molecule has 1 heterocycles. The third-order valence-corrected chi connectivity index (χ3v) is 12.3. The minimum absolute atomic E-state index is 0.0185. The maximum absolute atomic E-state index is 14.8. The number of benzene rings is 4. The van der Waals surface area contributed by atoms with Crippen LogP contribution in [-0.4, -0.2) is 77.0 Å². The Morgan fingerprint density at radius 2 is 1.69 bits per heavy atom. The van der Waals surface area contributed by atoms with E-state index in [0.29, 0.717) is 47.8 Å². The fraction of sp³-hybridized carbons (Fsp3) is 0.388. The lowest BCUT2D eigenvalue weighted by Gasteiger charge is -2.59. The Morgan fingerprint density at radius 3 is 2.41 bits per heavy atom. The Balaban J connectivity index is 1.40. The molecule has 4 aromatic rings. The summed E-state index contributed by atoms with van der Waals surface area (Å²) in [5.41, 5.74) is 3.70. The summed E-state index contributed by atoms with van der Waals surface area (Å²) in [4.78, 5) is 33.6. The first-order valence-corrected chi connectivity index (χ1v) is 21.2. The minimum atomic E-state index is -1.41. The highest BCUT2D eigenvalue weighted by molar-refractivity contribution is 6.04. The Hall–Kier alpha value is -5.82. The van der Waals surface area contributed by atoms with Crippen molar-refractivity contribution in [2.75, 3.05) is 33.5 Å². The fourth-order valence-electron chi connectivity index (χ4n) is 9.54. The lowest BCUT2D eigenvalue weighted by molar-refractivity contribution is -0.384. The zero-order chi connectivity index (χ0) is 42.9. The van der Waals surface area contributed by atoms with Gasteiger partial charge in [-0.05, 0) is 102 Å². The number of oxime groups is 1. The number of hydrogen-bond acceptors (Lipinski definition) is 10. The van der Waals surface area contributed by atoms with E-state index >= 15 is 0 Å². The number of carbonyl (C=O) groups is 1. The number of unbranched alkanes of at least 4 members (excludes halogenated alkanes) is 2. The van der Waals surface area contributed by atoms with E-state index in [9.17, 15) is 25.1 Å². The van der Waals surface area contributed by atoms with E-state index in [-0.39, 0.29) is 62.2 Å². The molecule has 7 rings (SSSR count). The number of allylic oxidation sites excluding steroid dienone is 1. The van der Waals surface area contributed by atoms with E-state index in [0.717, 1.165) is 47.6 Å². The summed E-state index contributed by atoms with van der Waals surface area (Å²) in [7, 11) is 1.78. The van der Waals surface area contributed by atoms with Crippen molar-refractivity contribution in [1.82, 2.24) is 4.90 Å². The van der Waals surface area contributed by atoms with Crippen LogP contribution in [0, 0.1) is 27.9 Å². The number of aliphatic hydroxyl groups excluding tert-OH is 2. The maximum Gasteiger partial charge on any atom is 0.269 e. The van der Waals surface area contributed by atoms with Crippen LogP contribution in [0.4, 0.5) is 5.69 Å². The highest BCUT2D eigenvalue weighted by atomic mass is 16.7. The van der Waals surface area contributed by atoms with Crippen LogP contribution in [-0.2, 0) is 16.2 Å². The van der Waals surface area contributed by atoms with Gasteiger partial charge in [0.15, 0.2) is 0 Å². The number of nitrogens with zero attached hydrogens (tertiary/aromatic N) is 3. The molecule has 0 radical (unpaired) electrons. The molecule has 1 fully saturated rings. The number of ether oxygens (including phenoxy) is 3. The average Bonchev–Trinajstić information content (AvgIpc) is 3.28. The van der Waals surface area contributed by atoms with Crippen LogP contribution in [0.15, 0.2) is 127 Å².